The zero-order valence-electron chi connectivity index (χ0n) is 10.5. The molecule has 0 radical (unpaired) electrons. The van der Waals surface area contributed by atoms with Gasteiger partial charge in [0.05, 0.1) is 12.5 Å². The monoisotopic (exact) mass is 251 g/mol. The quantitative estimate of drug-likeness (QED) is 0.700. The summed E-state index contributed by atoms with van der Waals surface area (Å²) in [6.07, 6.45) is 2.93. The number of rotatable bonds is 2. The number of hydrogen-bond donors (Lipinski definition) is 2. The highest BCUT2D eigenvalue weighted by Gasteiger charge is 2.33. The fraction of sp³-hybridized carbons (Fsp3) is 0.545. The normalized spacial score (nSPS) is 19.7. The molecule has 1 unspecified atom stereocenters. The lowest BCUT2D eigenvalue weighted by molar-refractivity contribution is -0.134. The molecule has 7 nitrogen and oxygen atoms in total. The van der Waals surface area contributed by atoms with Crippen molar-refractivity contribution in [3.8, 4) is 0 Å². The van der Waals surface area contributed by atoms with E-state index >= 15 is 0 Å². The first-order chi connectivity index (χ1) is 8.61. The largest absolute Gasteiger partial charge is 0.347 e. The van der Waals surface area contributed by atoms with Crippen LogP contribution in [0.15, 0.2) is 12.5 Å². The highest BCUT2D eigenvalue weighted by atomic mass is 16.2. The van der Waals surface area contributed by atoms with Crippen LogP contribution in [-0.4, -0.2) is 71.4 Å². The van der Waals surface area contributed by atoms with E-state index in [9.17, 15) is 9.59 Å². The summed E-state index contributed by atoms with van der Waals surface area (Å²) in [6.45, 7) is 1.69. The lowest BCUT2D eigenvalue weighted by atomic mass is 10.1. The highest BCUT2D eigenvalue weighted by molar-refractivity contribution is 5.96. The van der Waals surface area contributed by atoms with E-state index in [0.29, 0.717) is 25.3 Å². The number of aromatic nitrogens is 2. The standard InChI is InChI=1S/C11H17N5O2/c1-15(2)11(18)9-6-12-3-4-16(9)10(17)8-5-13-7-14-8/h5,7,9,12H,3-4,6H2,1-2H3,(H,13,14). The summed E-state index contributed by atoms with van der Waals surface area (Å²) in [5, 5.41) is 3.13. The third-order valence-electron chi connectivity index (χ3n) is 2.96. The minimum Gasteiger partial charge on any atom is -0.347 e. The third-order valence-corrected chi connectivity index (χ3v) is 2.96. The summed E-state index contributed by atoms with van der Waals surface area (Å²) in [7, 11) is 3.38. The fourth-order valence-electron chi connectivity index (χ4n) is 1.99. The molecule has 0 bridgehead atoms. The second-order valence-electron chi connectivity index (χ2n) is 4.42. The SMILES string of the molecule is CN(C)C(=O)C1CNCCN1C(=O)c1cnc[nH]1. The van der Waals surface area contributed by atoms with Gasteiger partial charge in [0.2, 0.25) is 5.91 Å². The number of likely N-dealkylation sites (N-methyl/N-ethyl adjacent to an activating group) is 1. The third kappa shape index (κ3) is 2.35. The number of hydrogen-bond acceptors (Lipinski definition) is 4. The Labute approximate surface area is 105 Å². The maximum Gasteiger partial charge on any atom is 0.272 e. The number of imidazole rings is 1. The molecule has 1 atom stereocenters. The first-order valence-electron chi connectivity index (χ1n) is 5.82. The van der Waals surface area contributed by atoms with Crippen LogP contribution < -0.4 is 5.32 Å². The van der Waals surface area contributed by atoms with Gasteiger partial charge in [-0.25, -0.2) is 4.98 Å². The number of H-pyrrole nitrogens is 1. The van der Waals surface area contributed by atoms with E-state index in [1.165, 1.54) is 17.4 Å². The summed E-state index contributed by atoms with van der Waals surface area (Å²) in [5.74, 6) is -0.260. The van der Waals surface area contributed by atoms with Gasteiger partial charge < -0.3 is 20.1 Å². The van der Waals surface area contributed by atoms with Crippen molar-refractivity contribution in [2.45, 2.75) is 6.04 Å². The number of nitrogens with one attached hydrogen (secondary N) is 2. The highest BCUT2D eigenvalue weighted by Crippen LogP contribution is 2.10. The van der Waals surface area contributed by atoms with E-state index in [4.69, 9.17) is 0 Å². The van der Waals surface area contributed by atoms with Crippen molar-refractivity contribution in [2.75, 3.05) is 33.7 Å². The van der Waals surface area contributed by atoms with Crippen molar-refractivity contribution in [1.29, 1.82) is 0 Å². The Kier molecular flexibility index (Phi) is 3.61. The molecule has 1 aliphatic heterocycles. The molecule has 7 heteroatoms. The van der Waals surface area contributed by atoms with Crippen molar-refractivity contribution < 1.29 is 9.59 Å². The van der Waals surface area contributed by atoms with Crippen molar-refractivity contribution in [3.05, 3.63) is 18.2 Å². The van der Waals surface area contributed by atoms with E-state index in [2.05, 4.69) is 15.3 Å². The van der Waals surface area contributed by atoms with Gasteiger partial charge in [0.25, 0.3) is 5.91 Å². The average Bonchev–Trinajstić information content (AvgIpc) is 2.90. The fourth-order valence-corrected chi connectivity index (χ4v) is 1.99. The Bertz CT molecular complexity index is 429. The molecule has 98 valence electrons. The van der Waals surface area contributed by atoms with Crippen molar-refractivity contribution in [2.24, 2.45) is 0 Å². The molecule has 18 heavy (non-hydrogen) atoms. The van der Waals surface area contributed by atoms with Crippen LogP contribution in [0.3, 0.4) is 0 Å². The van der Waals surface area contributed by atoms with Crippen LogP contribution in [-0.2, 0) is 4.79 Å². The lowest BCUT2D eigenvalue weighted by Crippen LogP contribution is -2.59. The Morgan fingerprint density at radius 2 is 2.28 bits per heavy atom. The molecule has 1 saturated heterocycles. The van der Waals surface area contributed by atoms with Crippen molar-refractivity contribution >= 4 is 11.8 Å². The Balaban J connectivity index is 2.18. The van der Waals surface area contributed by atoms with Gasteiger partial charge >= 0.3 is 0 Å². The minimum atomic E-state index is -0.454. The van der Waals surface area contributed by atoms with Gasteiger partial charge in [-0.2, -0.15) is 0 Å². The van der Waals surface area contributed by atoms with Crippen LogP contribution in [0.2, 0.25) is 0 Å². The summed E-state index contributed by atoms with van der Waals surface area (Å²) in [6, 6.07) is -0.454. The van der Waals surface area contributed by atoms with Crippen LogP contribution in [0, 0.1) is 0 Å². The van der Waals surface area contributed by atoms with Gasteiger partial charge in [-0.15, -0.1) is 0 Å². The van der Waals surface area contributed by atoms with Gasteiger partial charge in [0.1, 0.15) is 11.7 Å². The van der Waals surface area contributed by atoms with Crippen LogP contribution in [0.4, 0.5) is 0 Å². The summed E-state index contributed by atoms with van der Waals surface area (Å²) in [5.41, 5.74) is 0.411. The van der Waals surface area contributed by atoms with E-state index < -0.39 is 6.04 Å². The predicted molar refractivity (Wildman–Crippen MR) is 65.0 cm³/mol. The molecule has 1 aliphatic rings. The van der Waals surface area contributed by atoms with E-state index in [1.807, 2.05) is 0 Å². The molecule has 1 fully saturated rings. The first-order valence-corrected chi connectivity index (χ1v) is 5.82. The molecule has 2 N–H and O–H groups in total. The molecule has 0 aromatic carbocycles. The maximum absolute atomic E-state index is 12.3. The zero-order valence-corrected chi connectivity index (χ0v) is 10.5. The number of carbonyl (C=O) groups is 2. The van der Waals surface area contributed by atoms with Crippen molar-refractivity contribution in [3.63, 3.8) is 0 Å². The second kappa shape index (κ2) is 5.18. The van der Waals surface area contributed by atoms with Gasteiger partial charge in [-0.05, 0) is 0 Å². The molecule has 0 spiro atoms. The second-order valence-corrected chi connectivity index (χ2v) is 4.42. The predicted octanol–water partition coefficient (Wildman–Crippen LogP) is -1.09. The minimum absolute atomic E-state index is 0.0740. The Morgan fingerprint density at radius 3 is 2.89 bits per heavy atom. The van der Waals surface area contributed by atoms with Gasteiger partial charge in [0, 0.05) is 33.7 Å². The number of aromatic amines is 1. The smallest absolute Gasteiger partial charge is 0.272 e. The first kappa shape index (κ1) is 12.6. The summed E-state index contributed by atoms with van der Waals surface area (Å²) >= 11 is 0. The molecule has 0 aliphatic carbocycles. The van der Waals surface area contributed by atoms with Crippen LogP contribution in [0.5, 0.6) is 0 Å². The number of amides is 2. The molecule has 2 rings (SSSR count). The zero-order chi connectivity index (χ0) is 13.1. The van der Waals surface area contributed by atoms with E-state index in [1.54, 1.807) is 19.0 Å². The number of nitrogens with zero attached hydrogens (tertiary/aromatic N) is 3. The molecular weight excluding hydrogens is 234 g/mol. The molecule has 1 aromatic heterocycles. The maximum atomic E-state index is 12.3. The molecule has 1 aromatic rings. The van der Waals surface area contributed by atoms with Crippen LogP contribution in [0.1, 0.15) is 10.5 Å². The topological polar surface area (TPSA) is 81.3 Å². The number of carbonyl (C=O) groups excluding carboxylic acids is 2. The average molecular weight is 251 g/mol. The van der Waals surface area contributed by atoms with Gasteiger partial charge in [0.15, 0.2) is 0 Å². The molecular formula is C11H17N5O2. The molecule has 2 heterocycles. The van der Waals surface area contributed by atoms with Gasteiger partial charge in [-0.1, -0.05) is 0 Å². The number of piperazine rings is 1. The lowest BCUT2D eigenvalue weighted by Gasteiger charge is -2.36. The Hall–Kier alpha value is -1.89. The summed E-state index contributed by atoms with van der Waals surface area (Å²) < 4.78 is 0. The van der Waals surface area contributed by atoms with Crippen molar-refractivity contribution in [1.82, 2.24) is 25.1 Å². The van der Waals surface area contributed by atoms with Crippen LogP contribution >= 0.6 is 0 Å². The van der Waals surface area contributed by atoms with Crippen LogP contribution in [0.25, 0.3) is 0 Å². The van der Waals surface area contributed by atoms with Gasteiger partial charge in [-0.3, -0.25) is 9.59 Å². The Morgan fingerprint density at radius 1 is 1.50 bits per heavy atom. The summed E-state index contributed by atoms with van der Waals surface area (Å²) in [4.78, 5) is 34.0. The molecule has 2 amide bonds. The molecule has 0 saturated carbocycles. The van der Waals surface area contributed by atoms with E-state index in [0.717, 1.165) is 0 Å². The van der Waals surface area contributed by atoms with E-state index in [-0.39, 0.29) is 11.8 Å².